The van der Waals surface area contributed by atoms with E-state index in [2.05, 4.69) is 25.7 Å². The van der Waals surface area contributed by atoms with E-state index >= 15 is 0 Å². The van der Waals surface area contributed by atoms with Crippen LogP contribution in [-0.4, -0.2) is 18.9 Å². The van der Waals surface area contributed by atoms with Crippen molar-refractivity contribution in [3.8, 4) is 0 Å². The van der Waals surface area contributed by atoms with Crippen LogP contribution in [0.3, 0.4) is 0 Å². The first-order chi connectivity index (χ1) is 8.89. The molecule has 2 rings (SSSR count). The standard InChI is InChI=1S/C16H22O3/c1-10-6-5-7-16(3)9-14(17)12(8-13(10)16)11(2)15(18)19-4/h5,7,11-13H,1,6,8-9H2,2-4H3. The van der Waals surface area contributed by atoms with Gasteiger partial charge in [0.25, 0.3) is 0 Å². The molecule has 0 amide bonds. The molecule has 4 atom stereocenters. The number of carbonyl (C=O) groups is 2. The van der Waals surface area contributed by atoms with E-state index in [1.54, 1.807) is 6.92 Å². The summed E-state index contributed by atoms with van der Waals surface area (Å²) < 4.78 is 4.77. The van der Waals surface area contributed by atoms with Gasteiger partial charge in [0, 0.05) is 12.3 Å². The topological polar surface area (TPSA) is 43.4 Å². The summed E-state index contributed by atoms with van der Waals surface area (Å²) in [6.07, 6.45) is 6.36. The number of ether oxygens (including phenoxy) is 1. The molecule has 4 unspecified atom stereocenters. The molecule has 3 nitrogen and oxygen atoms in total. The number of Topliss-reactive ketones (excluding diaryl/α,β-unsaturated/α-hetero) is 1. The van der Waals surface area contributed by atoms with Gasteiger partial charge in [-0.1, -0.05) is 38.2 Å². The zero-order valence-electron chi connectivity index (χ0n) is 11.9. The molecule has 2 aliphatic rings. The van der Waals surface area contributed by atoms with Gasteiger partial charge in [0.1, 0.15) is 5.78 Å². The maximum absolute atomic E-state index is 12.4. The first kappa shape index (κ1) is 14.0. The number of fused-ring (bicyclic) bond motifs is 1. The summed E-state index contributed by atoms with van der Waals surface area (Å²) in [4.78, 5) is 24.0. The van der Waals surface area contributed by atoms with Gasteiger partial charge < -0.3 is 4.74 Å². The minimum atomic E-state index is -0.360. The lowest BCUT2D eigenvalue weighted by molar-refractivity contribution is -0.151. The fourth-order valence-electron chi connectivity index (χ4n) is 3.55. The van der Waals surface area contributed by atoms with Crippen molar-refractivity contribution < 1.29 is 14.3 Å². The normalized spacial score (nSPS) is 35.7. The number of ketones is 1. The average Bonchev–Trinajstić information content (AvgIpc) is 2.36. The van der Waals surface area contributed by atoms with Crippen LogP contribution in [0, 0.1) is 23.2 Å². The number of rotatable bonds is 2. The van der Waals surface area contributed by atoms with E-state index in [1.165, 1.54) is 12.7 Å². The van der Waals surface area contributed by atoms with Crippen LogP contribution in [-0.2, 0) is 14.3 Å². The number of hydrogen-bond acceptors (Lipinski definition) is 3. The molecule has 0 spiro atoms. The van der Waals surface area contributed by atoms with Gasteiger partial charge in [0.05, 0.1) is 13.0 Å². The van der Waals surface area contributed by atoms with E-state index in [4.69, 9.17) is 4.74 Å². The minimum absolute atomic E-state index is 0.112. The van der Waals surface area contributed by atoms with Crippen molar-refractivity contribution in [3.05, 3.63) is 24.3 Å². The molecule has 0 aromatic heterocycles. The van der Waals surface area contributed by atoms with Crippen LogP contribution in [0.4, 0.5) is 0 Å². The Bertz CT molecular complexity index is 449. The van der Waals surface area contributed by atoms with E-state index < -0.39 is 0 Å². The number of carbonyl (C=O) groups excluding carboxylic acids is 2. The Labute approximate surface area is 114 Å². The summed E-state index contributed by atoms with van der Waals surface area (Å²) in [7, 11) is 1.37. The van der Waals surface area contributed by atoms with Crippen LogP contribution in [0.1, 0.15) is 33.1 Å². The van der Waals surface area contributed by atoms with Crippen LogP contribution in [0.2, 0.25) is 0 Å². The van der Waals surface area contributed by atoms with Gasteiger partial charge in [-0.25, -0.2) is 0 Å². The number of methoxy groups -OCH3 is 1. The van der Waals surface area contributed by atoms with Crippen LogP contribution in [0.25, 0.3) is 0 Å². The summed E-state index contributed by atoms with van der Waals surface area (Å²) in [6, 6.07) is 0. The van der Waals surface area contributed by atoms with Gasteiger partial charge in [-0.3, -0.25) is 9.59 Å². The molecule has 0 aromatic rings. The predicted octanol–water partition coefficient (Wildman–Crippen LogP) is 2.91. The molecule has 1 fully saturated rings. The first-order valence-corrected chi connectivity index (χ1v) is 6.85. The molecule has 3 heteroatoms. The van der Waals surface area contributed by atoms with Gasteiger partial charge in [-0.2, -0.15) is 0 Å². The highest BCUT2D eigenvalue weighted by Crippen LogP contribution is 2.50. The summed E-state index contributed by atoms with van der Waals surface area (Å²) >= 11 is 0. The second kappa shape index (κ2) is 4.95. The molecule has 0 aliphatic heterocycles. The maximum atomic E-state index is 12.4. The second-order valence-electron chi connectivity index (χ2n) is 6.12. The van der Waals surface area contributed by atoms with Crippen molar-refractivity contribution in [2.75, 3.05) is 7.11 Å². The molecule has 0 bridgehead atoms. The lowest BCUT2D eigenvalue weighted by atomic mass is 9.57. The zero-order chi connectivity index (χ0) is 14.2. The summed E-state index contributed by atoms with van der Waals surface area (Å²) in [5, 5.41) is 0. The molecule has 104 valence electrons. The van der Waals surface area contributed by atoms with Gasteiger partial charge in [0.15, 0.2) is 0 Å². The Morgan fingerprint density at radius 1 is 1.58 bits per heavy atom. The lowest BCUT2D eigenvalue weighted by Gasteiger charge is -2.45. The zero-order valence-corrected chi connectivity index (χ0v) is 11.9. The molecular formula is C16H22O3. The van der Waals surface area contributed by atoms with E-state index in [1.807, 2.05) is 0 Å². The highest BCUT2D eigenvalue weighted by molar-refractivity contribution is 5.88. The van der Waals surface area contributed by atoms with Crippen LogP contribution in [0.15, 0.2) is 24.3 Å². The number of hydrogen-bond donors (Lipinski definition) is 0. The highest BCUT2D eigenvalue weighted by atomic mass is 16.5. The molecular weight excluding hydrogens is 240 g/mol. The SMILES string of the molecule is C=C1CC=CC2(C)CC(=O)C(C(C)C(=O)OC)CC12. The Balaban J connectivity index is 2.24. The van der Waals surface area contributed by atoms with Gasteiger partial charge >= 0.3 is 5.97 Å². The lowest BCUT2D eigenvalue weighted by Crippen LogP contribution is -2.44. The fraction of sp³-hybridized carbons (Fsp3) is 0.625. The Morgan fingerprint density at radius 2 is 2.26 bits per heavy atom. The molecule has 0 heterocycles. The van der Waals surface area contributed by atoms with E-state index in [0.717, 1.165) is 12.8 Å². The third-order valence-corrected chi connectivity index (χ3v) is 4.80. The highest BCUT2D eigenvalue weighted by Gasteiger charge is 2.47. The quantitative estimate of drug-likeness (QED) is 0.567. The van der Waals surface area contributed by atoms with Crippen molar-refractivity contribution in [1.29, 1.82) is 0 Å². The minimum Gasteiger partial charge on any atom is -0.469 e. The predicted molar refractivity (Wildman–Crippen MR) is 73.4 cm³/mol. The maximum Gasteiger partial charge on any atom is 0.309 e. The average molecular weight is 262 g/mol. The summed E-state index contributed by atoms with van der Waals surface area (Å²) in [5.41, 5.74) is 1.07. The monoisotopic (exact) mass is 262 g/mol. The van der Waals surface area contributed by atoms with E-state index in [0.29, 0.717) is 12.3 Å². The Hall–Kier alpha value is -1.38. The summed E-state index contributed by atoms with van der Waals surface area (Å²) in [6.45, 7) is 8.06. The molecule has 0 aromatic carbocycles. The van der Waals surface area contributed by atoms with Crippen molar-refractivity contribution in [2.24, 2.45) is 23.2 Å². The second-order valence-corrected chi connectivity index (χ2v) is 6.12. The molecule has 2 aliphatic carbocycles. The van der Waals surface area contributed by atoms with E-state index in [9.17, 15) is 9.59 Å². The van der Waals surface area contributed by atoms with Crippen molar-refractivity contribution in [2.45, 2.75) is 33.1 Å². The van der Waals surface area contributed by atoms with Gasteiger partial charge in [0.2, 0.25) is 0 Å². The van der Waals surface area contributed by atoms with Crippen LogP contribution < -0.4 is 0 Å². The number of allylic oxidation sites excluding steroid dienone is 3. The summed E-state index contributed by atoms with van der Waals surface area (Å²) in [5.74, 6) is -0.406. The van der Waals surface area contributed by atoms with Gasteiger partial charge in [-0.05, 0) is 24.2 Å². The van der Waals surface area contributed by atoms with Crippen LogP contribution >= 0.6 is 0 Å². The van der Waals surface area contributed by atoms with Crippen molar-refractivity contribution >= 4 is 11.8 Å². The van der Waals surface area contributed by atoms with Crippen LogP contribution in [0.5, 0.6) is 0 Å². The van der Waals surface area contributed by atoms with Crippen molar-refractivity contribution in [3.63, 3.8) is 0 Å². The fourth-order valence-corrected chi connectivity index (χ4v) is 3.55. The third-order valence-electron chi connectivity index (χ3n) is 4.80. The molecule has 0 N–H and O–H groups in total. The van der Waals surface area contributed by atoms with E-state index in [-0.39, 0.29) is 29.0 Å². The van der Waals surface area contributed by atoms with Gasteiger partial charge in [-0.15, -0.1) is 0 Å². The smallest absolute Gasteiger partial charge is 0.309 e. The molecule has 1 saturated carbocycles. The molecule has 19 heavy (non-hydrogen) atoms. The molecule has 0 saturated heterocycles. The molecule has 0 radical (unpaired) electrons. The Kier molecular flexibility index (Phi) is 3.66. The number of esters is 1. The first-order valence-electron chi connectivity index (χ1n) is 6.85. The Morgan fingerprint density at radius 3 is 2.89 bits per heavy atom. The van der Waals surface area contributed by atoms with Crippen molar-refractivity contribution in [1.82, 2.24) is 0 Å². The third kappa shape index (κ3) is 2.38. The largest absolute Gasteiger partial charge is 0.469 e.